The van der Waals surface area contributed by atoms with Gasteiger partial charge in [0.1, 0.15) is 18.1 Å². The highest BCUT2D eigenvalue weighted by Crippen LogP contribution is 2.06. The summed E-state index contributed by atoms with van der Waals surface area (Å²) < 4.78 is 0. The van der Waals surface area contributed by atoms with E-state index in [2.05, 4.69) is 20.9 Å². The van der Waals surface area contributed by atoms with Gasteiger partial charge in [-0.1, -0.05) is 30.3 Å². The number of benzene rings is 1. The summed E-state index contributed by atoms with van der Waals surface area (Å²) in [5.74, 6) is -5.28. The fraction of sp³-hybridized carbons (Fsp3) is 0.455. The van der Waals surface area contributed by atoms with Crippen molar-refractivity contribution in [3.63, 3.8) is 0 Å². The van der Waals surface area contributed by atoms with E-state index < -0.39 is 60.2 Å². The fourth-order valence-corrected chi connectivity index (χ4v) is 3.02. The molecule has 14 nitrogen and oxygen atoms in total. The number of carboxylic acids is 2. The van der Waals surface area contributed by atoms with Gasteiger partial charge < -0.3 is 43.4 Å². The van der Waals surface area contributed by atoms with Gasteiger partial charge in [-0.15, -0.1) is 0 Å². The molecule has 0 saturated heterocycles. The smallest absolute Gasteiger partial charge is 0.325 e. The Bertz CT molecular complexity index is 951. The van der Waals surface area contributed by atoms with Crippen LogP contribution in [-0.4, -0.2) is 76.5 Å². The molecule has 1 aromatic rings. The molecule has 0 aliphatic heterocycles. The van der Waals surface area contributed by atoms with E-state index in [-0.39, 0.29) is 25.3 Å². The van der Waals surface area contributed by atoms with Gasteiger partial charge in [0.15, 0.2) is 5.96 Å². The molecule has 0 heterocycles. The summed E-state index contributed by atoms with van der Waals surface area (Å²) >= 11 is 0. The Balaban J connectivity index is 2.96. The van der Waals surface area contributed by atoms with Gasteiger partial charge in [0, 0.05) is 13.0 Å². The van der Waals surface area contributed by atoms with Crippen LogP contribution >= 0.6 is 0 Å². The summed E-state index contributed by atoms with van der Waals surface area (Å²) in [4.78, 5) is 64.3. The van der Waals surface area contributed by atoms with E-state index in [1.165, 1.54) is 6.92 Å². The second-order valence-corrected chi connectivity index (χ2v) is 8.03. The monoisotopic (exact) mass is 507 g/mol. The van der Waals surface area contributed by atoms with E-state index in [1.54, 1.807) is 30.3 Å². The highest BCUT2D eigenvalue weighted by atomic mass is 16.4. The molecule has 198 valence electrons. The summed E-state index contributed by atoms with van der Waals surface area (Å²) in [6, 6.07) is 3.49. The predicted molar refractivity (Wildman–Crippen MR) is 129 cm³/mol. The zero-order chi connectivity index (χ0) is 27.3. The molecule has 0 fully saturated rings. The van der Waals surface area contributed by atoms with Crippen molar-refractivity contribution in [1.29, 1.82) is 0 Å². The Morgan fingerprint density at radius 2 is 1.50 bits per heavy atom. The molecule has 0 aromatic heterocycles. The number of hydrogen-bond acceptors (Lipinski definition) is 7. The number of hydrogen-bond donors (Lipinski definition) is 8. The third-order valence-corrected chi connectivity index (χ3v) is 4.96. The molecule has 1 rings (SSSR count). The predicted octanol–water partition coefficient (Wildman–Crippen LogP) is -2.36. The summed E-state index contributed by atoms with van der Waals surface area (Å²) in [7, 11) is 0. The maximum absolute atomic E-state index is 12.9. The second-order valence-electron chi connectivity index (χ2n) is 8.03. The van der Waals surface area contributed by atoms with Crippen LogP contribution in [0, 0.1) is 0 Å². The van der Waals surface area contributed by atoms with Crippen molar-refractivity contribution >= 4 is 35.6 Å². The van der Waals surface area contributed by atoms with Gasteiger partial charge in [0.25, 0.3) is 0 Å². The molecule has 11 N–H and O–H groups in total. The number of aliphatic imine (C=N–C) groups is 1. The second kappa shape index (κ2) is 14.9. The number of nitrogens with zero attached hydrogens (tertiary/aromatic N) is 1. The fourth-order valence-electron chi connectivity index (χ4n) is 3.02. The first-order valence-electron chi connectivity index (χ1n) is 11.1. The minimum Gasteiger partial charge on any atom is -0.481 e. The molecule has 0 radical (unpaired) electrons. The minimum absolute atomic E-state index is 0.0111. The van der Waals surface area contributed by atoms with Crippen LogP contribution in [0.2, 0.25) is 0 Å². The molecule has 1 aromatic carbocycles. The maximum atomic E-state index is 12.9. The largest absolute Gasteiger partial charge is 0.481 e. The quantitative estimate of drug-likeness (QED) is 0.0712. The molecule has 14 heteroatoms. The van der Waals surface area contributed by atoms with Crippen molar-refractivity contribution in [3.8, 4) is 0 Å². The lowest BCUT2D eigenvalue weighted by Crippen LogP contribution is -2.57. The van der Waals surface area contributed by atoms with Gasteiger partial charge in [-0.05, 0) is 25.3 Å². The number of carbonyl (C=O) groups excluding carboxylic acids is 3. The molecule has 0 saturated carbocycles. The highest BCUT2D eigenvalue weighted by molar-refractivity contribution is 5.95. The Kier molecular flexibility index (Phi) is 12.4. The topological polar surface area (TPSA) is 252 Å². The van der Waals surface area contributed by atoms with Crippen LogP contribution in [0.5, 0.6) is 0 Å². The molecule has 0 aliphatic carbocycles. The molecule has 4 unspecified atom stereocenters. The SMILES string of the molecule is CC(NC(=O)C(Cc1ccccc1)NC(=O)C(CC(=O)O)NC(=O)C(N)CCCN=C(N)N)C(=O)O. The summed E-state index contributed by atoms with van der Waals surface area (Å²) in [5, 5.41) is 25.3. The lowest BCUT2D eigenvalue weighted by molar-refractivity contribution is -0.143. The van der Waals surface area contributed by atoms with Crippen LogP contribution in [0.4, 0.5) is 0 Å². The Morgan fingerprint density at radius 1 is 0.917 bits per heavy atom. The lowest BCUT2D eigenvalue weighted by Gasteiger charge is -2.24. The average Bonchev–Trinajstić information content (AvgIpc) is 2.80. The van der Waals surface area contributed by atoms with Crippen LogP contribution in [0.1, 0.15) is 31.7 Å². The highest BCUT2D eigenvalue weighted by Gasteiger charge is 2.30. The number of carboxylic acid groups (broad SMARTS) is 2. The first kappa shape index (κ1) is 29.8. The van der Waals surface area contributed by atoms with Gasteiger partial charge in [0.2, 0.25) is 17.7 Å². The van der Waals surface area contributed by atoms with E-state index >= 15 is 0 Å². The molecular formula is C22H33N7O7. The zero-order valence-electron chi connectivity index (χ0n) is 19.8. The lowest BCUT2D eigenvalue weighted by atomic mass is 10.0. The van der Waals surface area contributed by atoms with Gasteiger partial charge >= 0.3 is 11.9 Å². The van der Waals surface area contributed by atoms with Gasteiger partial charge in [-0.3, -0.25) is 29.0 Å². The molecule has 0 spiro atoms. The van der Waals surface area contributed by atoms with Crippen molar-refractivity contribution in [3.05, 3.63) is 35.9 Å². The normalized spacial score (nSPS) is 13.8. The average molecular weight is 508 g/mol. The number of amides is 3. The van der Waals surface area contributed by atoms with Crippen molar-refractivity contribution in [2.75, 3.05) is 6.54 Å². The maximum Gasteiger partial charge on any atom is 0.325 e. The molecule has 0 bridgehead atoms. The molecule has 0 aliphatic rings. The van der Waals surface area contributed by atoms with Gasteiger partial charge in [-0.25, -0.2) is 0 Å². The third kappa shape index (κ3) is 11.3. The first-order chi connectivity index (χ1) is 16.9. The van der Waals surface area contributed by atoms with E-state index in [9.17, 15) is 29.1 Å². The van der Waals surface area contributed by atoms with E-state index in [0.717, 1.165) is 0 Å². The molecular weight excluding hydrogens is 474 g/mol. The molecule has 3 amide bonds. The van der Waals surface area contributed by atoms with Crippen molar-refractivity contribution in [2.24, 2.45) is 22.2 Å². The van der Waals surface area contributed by atoms with Crippen LogP contribution in [0.25, 0.3) is 0 Å². The van der Waals surface area contributed by atoms with E-state index in [0.29, 0.717) is 12.0 Å². The number of rotatable bonds is 15. The third-order valence-electron chi connectivity index (χ3n) is 4.96. The summed E-state index contributed by atoms with van der Waals surface area (Å²) in [5.41, 5.74) is 16.9. The van der Waals surface area contributed by atoms with Gasteiger partial charge in [0.05, 0.1) is 12.5 Å². The van der Waals surface area contributed by atoms with Crippen LogP contribution in [0.15, 0.2) is 35.3 Å². The van der Waals surface area contributed by atoms with Crippen LogP contribution in [-0.2, 0) is 30.4 Å². The van der Waals surface area contributed by atoms with E-state index in [4.69, 9.17) is 22.3 Å². The van der Waals surface area contributed by atoms with Crippen molar-refractivity contribution in [1.82, 2.24) is 16.0 Å². The first-order valence-corrected chi connectivity index (χ1v) is 11.1. The van der Waals surface area contributed by atoms with Crippen LogP contribution < -0.4 is 33.2 Å². The number of nitrogens with two attached hydrogens (primary N) is 3. The Hall–Kier alpha value is -4.20. The number of nitrogens with one attached hydrogen (secondary N) is 3. The standard InChI is InChI=1S/C22H33N7O7/c1-12(21(35)36)27-19(33)15(10-13-6-3-2-4-7-13)29-20(34)16(11-17(30)31)28-18(32)14(23)8-5-9-26-22(24)25/h2-4,6-7,12,14-16H,5,8-11,23H2,1H3,(H,27,33)(H,28,32)(H,29,34)(H,30,31)(H,35,36)(H4,24,25,26). The summed E-state index contributed by atoms with van der Waals surface area (Å²) in [6.07, 6.45) is -0.258. The molecule has 36 heavy (non-hydrogen) atoms. The van der Waals surface area contributed by atoms with E-state index in [1.807, 2.05) is 0 Å². The number of carbonyl (C=O) groups is 5. The van der Waals surface area contributed by atoms with Gasteiger partial charge in [-0.2, -0.15) is 0 Å². The number of guanidine groups is 1. The Morgan fingerprint density at radius 3 is 2.06 bits per heavy atom. The van der Waals surface area contributed by atoms with Crippen molar-refractivity contribution < 1.29 is 34.2 Å². The zero-order valence-corrected chi connectivity index (χ0v) is 19.8. The van der Waals surface area contributed by atoms with Crippen LogP contribution in [0.3, 0.4) is 0 Å². The minimum atomic E-state index is -1.54. The Labute approximate surface area is 207 Å². The number of aliphatic carboxylic acids is 2. The molecule has 4 atom stereocenters. The van der Waals surface area contributed by atoms with Crippen molar-refractivity contribution in [2.45, 2.75) is 56.8 Å². The summed E-state index contributed by atoms with van der Waals surface area (Å²) in [6.45, 7) is 1.48.